The van der Waals surface area contributed by atoms with Crippen LogP contribution < -0.4 is 5.32 Å². The van der Waals surface area contributed by atoms with Gasteiger partial charge in [0.25, 0.3) is 0 Å². The summed E-state index contributed by atoms with van der Waals surface area (Å²) >= 11 is 3.58. The van der Waals surface area contributed by atoms with Gasteiger partial charge in [0.15, 0.2) is 0 Å². The number of nitrogens with zero attached hydrogens (tertiary/aromatic N) is 1. The molecule has 0 spiro atoms. The lowest BCUT2D eigenvalue weighted by Crippen LogP contribution is -2.18. The summed E-state index contributed by atoms with van der Waals surface area (Å²) in [7, 11) is 0. The van der Waals surface area contributed by atoms with Crippen molar-refractivity contribution in [1.29, 1.82) is 0 Å². The first-order chi connectivity index (χ1) is 9.78. The second-order valence-corrected chi connectivity index (χ2v) is 6.91. The van der Waals surface area contributed by atoms with Crippen LogP contribution in [0.1, 0.15) is 31.2 Å². The lowest BCUT2D eigenvalue weighted by atomic mass is 10.2. The third-order valence-corrected chi connectivity index (χ3v) is 5.48. The largest absolute Gasteiger partial charge is 0.309 e. The average molecular weight is 302 g/mol. The zero-order valence-electron chi connectivity index (χ0n) is 11.7. The fraction of sp³-hybridized carbons (Fsp3) is 0.312. The van der Waals surface area contributed by atoms with Gasteiger partial charge in [-0.15, -0.1) is 22.7 Å². The van der Waals surface area contributed by atoms with E-state index in [9.17, 15) is 0 Å². The van der Waals surface area contributed by atoms with Crippen LogP contribution in [0.25, 0.3) is 20.7 Å². The maximum absolute atomic E-state index is 4.33. The summed E-state index contributed by atoms with van der Waals surface area (Å²) in [5.41, 5.74) is 4.29. The maximum atomic E-state index is 4.33. The Morgan fingerprint density at radius 2 is 2.15 bits per heavy atom. The van der Waals surface area contributed by atoms with E-state index < -0.39 is 0 Å². The van der Waals surface area contributed by atoms with Gasteiger partial charge >= 0.3 is 0 Å². The number of rotatable bonds is 5. The molecule has 3 aromatic rings. The monoisotopic (exact) mass is 302 g/mol. The molecule has 0 bridgehead atoms. The molecule has 0 saturated heterocycles. The van der Waals surface area contributed by atoms with E-state index in [0.717, 1.165) is 12.1 Å². The normalized spacial score (nSPS) is 12.9. The Morgan fingerprint density at radius 3 is 3.00 bits per heavy atom. The molecule has 3 rings (SSSR count). The highest BCUT2D eigenvalue weighted by molar-refractivity contribution is 7.17. The molecule has 2 aromatic heterocycles. The van der Waals surface area contributed by atoms with Crippen molar-refractivity contribution >= 4 is 32.9 Å². The van der Waals surface area contributed by atoms with E-state index >= 15 is 0 Å². The Kier molecular flexibility index (Phi) is 4.15. The van der Waals surface area contributed by atoms with Crippen LogP contribution in [0.3, 0.4) is 0 Å². The quantitative estimate of drug-likeness (QED) is 0.710. The lowest BCUT2D eigenvalue weighted by Gasteiger charge is -2.10. The second-order valence-electron chi connectivity index (χ2n) is 4.91. The molecule has 0 radical (unpaired) electrons. The van der Waals surface area contributed by atoms with Crippen LogP contribution in [0.5, 0.6) is 0 Å². The van der Waals surface area contributed by atoms with Gasteiger partial charge in [0, 0.05) is 15.8 Å². The first-order valence-corrected chi connectivity index (χ1v) is 8.64. The first kappa shape index (κ1) is 13.7. The van der Waals surface area contributed by atoms with Gasteiger partial charge in [-0.2, -0.15) is 0 Å². The first-order valence-electron chi connectivity index (χ1n) is 6.94. The van der Waals surface area contributed by atoms with Crippen molar-refractivity contribution in [3.05, 3.63) is 40.7 Å². The molecule has 104 valence electrons. The number of thiophene rings is 1. The van der Waals surface area contributed by atoms with Crippen LogP contribution in [-0.2, 0) is 0 Å². The highest BCUT2D eigenvalue weighted by Gasteiger charge is 2.09. The Hall–Kier alpha value is -1.23. The van der Waals surface area contributed by atoms with Crippen molar-refractivity contribution in [3.8, 4) is 10.4 Å². The molecule has 2 heterocycles. The standard InChI is InChI=1S/C16H18N2S2/c1-3-8-17-11(2)14-6-7-15(20-14)12-4-5-13-16(9-12)19-10-18-13/h4-7,9-11,17H,3,8H2,1-2H3. The molecule has 1 atom stereocenters. The van der Waals surface area contributed by atoms with E-state index in [1.807, 2.05) is 16.8 Å². The summed E-state index contributed by atoms with van der Waals surface area (Å²) in [5.74, 6) is 0. The molecular weight excluding hydrogens is 284 g/mol. The molecule has 4 heteroatoms. The Morgan fingerprint density at radius 1 is 1.25 bits per heavy atom. The fourth-order valence-electron chi connectivity index (χ4n) is 2.21. The summed E-state index contributed by atoms with van der Waals surface area (Å²) in [6.07, 6.45) is 1.17. The van der Waals surface area contributed by atoms with Gasteiger partial charge in [-0.1, -0.05) is 13.0 Å². The van der Waals surface area contributed by atoms with Crippen molar-refractivity contribution in [1.82, 2.24) is 10.3 Å². The molecule has 2 nitrogen and oxygen atoms in total. The summed E-state index contributed by atoms with van der Waals surface area (Å²) in [5, 5.41) is 3.54. The van der Waals surface area contributed by atoms with Gasteiger partial charge in [-0.25, -0.2) is 4.98 Å². The molecule has 0 saturated carbocycles. The number of thiazole rings is 1. The van der Waals surface area contributed by atoms with Crippen LogP contribution in [0.4, 0.5) is 0 Å². The van der Waals surface area contributed by atoms with Gasteiger partial charge in [-0.3, -0.25) is 0 Å². The Labute approximate surface area is 127 Å². The summed E-state index contributed by atoms with van der Waals surface area (Å²) in [4.78, 5) is 7.07. The van der Waals surface area contributed by atoms with Crippen molar-refractivity contribution in [2.45, 2.75) is 26.3 Å². The summed E-state index contributed by atoms with van der Waals surface area (Å²) in [6.45, 7) is 5.50. The van der Waals surface area contributed by atoms with Crippen LogP contribution in [0, 0.1) is 0 Å². The minimum Gasteiger partial charge on any atom is -0.309 e. The van der Waals surface area contributed by atoms with Crippen molar-refractivity contribution < 1.29 is 0 Å². The smallest absolute Gasteiger partial charge is 0.0812 e. The van der Waals surface area contributed by atoms with Gasteiger partial charge in [0.05, 0.1) is 15.7 Å². The van der Waals surface area contributed by atoms with Crippen LogP contribution in [0.2, 0.25) is 0 Å². The average Bonchev–Trinajstić information content (AvgIpc) is 3.12. The van der Waals surface area contributed by atoms with Gasteiger partial charge in [0.1, 0.15) is 0 Å². The molecule has 20 heavy (non-hydrogen) atoms. The lowest BCUT2D eigenvalue weighted by molar-refractivity contribution is 0.578. The van der Waals surface area contributed by atoms with E-state index in [4.69, 9.17) is 0 Å². The predicted molar refractivity (Wildman–Crippen MR) is 89.6 cm³/mol. The highest BCUT2D eigenvalue weighted by Crippen LogP contribution is 2.33. The number of aromatic nitrogens is 1. The maximum Gasteiger partial charge on any atom is 0.0812 e. The number of hydrogen-bond donors (Lipinski definition) is 1. The Balaban J connectivity index is 1.85. The number of fused-ring (bicyclic) bond motifs is 1. The summed E-state index contributed by atoms with van der Waals surface area (Å²) in [6, 6.07) is 11.4. The second kappa shape index (κ2) is 6.04. The van der Waals surface area contributed by atoms with Crippen LogP contribution >= 0.6 is 22.7 Å². The Bertz CT molecular complexity index is 699. The van der Waals surface area contributed by atoms with E-state index in [0.29, 0.717) is 6.04 Å². The molecule has 0 aliphatic rings. The predicted octanol–water partition coefficient (Wildman–Crippen LogP) is 5.09. The molecule has 1 N–H and O–H groups in total. The minimum absolute atomic E-state index is 0.431. The zero-order chi connectivity index (χ0) is 13.9. The molecule has 1 unspecified atom stereocenters. The van der Waals surface area contributed by atoms with E-state index in [1.54, 1.807) is 11.3 Å². The molecule has 0 aliphatic carbocycles. The fourth-order valence-corrected chi connectivity index (χ4v) is 3.96. The van der Waals surface area contributed by atoms with Crippen LogP contribution in [0.15, 0.2) is 35.8 Å². The molecular formula is C16H18N2S2. The third-order valence-electron chi connectivity index (χ3n) is 3.37. The van der Waals surface area contributed by atoms with E-state index in [2.05, 4.69) is 54.5 Å². The van der Waals surface area contributed by atoms with Gasteiger partial charge in [0.2, 0.25) is 0 Å². The van der Waals surface area contributed by atoms with E-state index in [1.165, 1.54) is 26.4 Å². The number of hydrogen-bond acceptors (Lipinski definition) is 4. The number of benzene rings is 1. The third kappa shape index (κ3) is 2.77. The zero-order valence-corrected chi connectivity index (χ0v) is 13.4. The SMILES string of the molecule is CCCNC(C)c1ccc(-c2ccc3ncsc3c2)s1. The molecule has 0 fully saturated rings. The molecule has 0 aliphatic heterocycles. The van der Waals surface area contributed by atoms with Crippen molar-refractivity contribution in [2.75, 3.05) is 6.54 Å². The molecule has 1 aromatic carbocycles. The summed E-state index contributed by atoms with van der Waals surface area (Å²) < 4.78 is 1.26. The van der Waals surface area contributed by atoms with Crippen LogP contribution in [-0.4, -0.2) is 11.5 Å². The minimum atomic E-state index is 0.431. The van der Waals surface area contributed by atoms with Gasteiger partial charge < -0.3 is 5.32 Å². The number of nitrogens with one attached hydrogen (secondary N) is 1. The van der Waals surface area contributed by atoms with E-state index in [-0.39, 0.29) is 0 Å². The topological polar surface area (TPSA) is 24.9 Å². The van der Waals surface area contributed by atoms with Crippen molar-refractivity contribution in [3.63, 3.8) is 0 Å². The van der Waals surface area contributed by atoms with Crippen molar-refractivity contribution in [2.24, 2.45) is 0 Å². The van der Waals surface area contributed by atoms with Gasteiger partial charge in [-0.05, 0) is 49.7 Å². The highest BCUT2D eigenvalue weighted by atomic mass is 32.1. The molecule has 0 amide bonds.